The first-order chi connectivity index (χ1) is 5.77. The fourth-order valence-electron chi connectivity index (χ4n) is 0.967. The minimum Gasteiger partial charge on any atom is -0.326 e. The molecule has 1 aromatic heterocycles. The van der Waals surface area contributed by atoms with Crippen molar-refractivity contribution >= 4 is 0 Å². The normalized spacial score (nSPS) is 10.2. The molecule has 0 amide bonds. The zero-order valence-corrected chi connectivity index (χ0v) is 7.13. The van der Waals surface area contributed by atoms with Crippen LogP contribution in [0.1, 0.15) is 24.7 Å². The molecule has 0 aliphatic heterocycles. The van der Waals surface area contributed by atoms with Gasteiger partial charge in [0.15, 0.2) is 0 Å². The highest BCUT2D eigenvalue weighted by Gasteiger charge is 1.98. The molecule has 0 spiro atoms. The summed E-state index contributed by atoms with van der Waals surface area (Å²) >= 11 is 0. The van der Waals surface area contributed by atoms with Gasteiger partial charge in [0.25, 0.3) is 5.56 Å². The number of hydrogen-bond acceptors (Lipinski definition) is 3. The Balaban J connectivity index is 2.94. The summed E-state index contributed by atoms with van der Waals surface area (Å²) in [5, 5.41) is 0. The van der Waals surface area contributed by atoms with Crippen LogP contribution >= 0.6 is 0 Å². The van der Waals surface area contributed by atoms with E-state index in [-0.39, 0.29) is 12.1 Å². The molecule has 0 aromatic carbocycles. The minimum atomic E-state index is -0.115. The first kappa shape index (κ1) is 8.93. The average molecular weight is 167 g/mol. The number of nitrogens with two attached hydrogens (primary N) is 1. The zero-order valence-electron chi connectivity index (χ0n) is 7.13. The van der Waals surface area contributed by atoms with Crippen LogP contribution in [0.15, 0.2) is 11.0 Å². The second kappa shape index (κ2) is 4.01. The second-order valence-corrected chi connectivity index (χ2v) is 2.64. The van der Waals surface area contributed by atoms with Crippen molar-refractivity contribution in [2.24, 2.45) is 5.73 Å². The molecule has 1 heterocycles. The van der Waals surface area contributed by atoms with E-state index in [1.807, 2.05) is 6.92 Å². The highest BCUT2D eigenvalue weighted by atomic mass is 16.1. The number of aromatic amines is 1. The number of rotatable bonds is 3. The molecule has 4 heteroatoms. The summed E-state index contributed by atoms with van der Waals surface area (Å²) in [6.45, 7) is 2.28. The Morgan fingerprint density at radius 2 is 2.42 bits per heavy atom. The van der Waals surface area contributed by atoms with Crippen molar-refractivity contribution in [2.75, 3.05) is 0 Å². The Morgan fingerprint density at radius 1 is 1.67 bits per heavy atom. The predicted molar refractivity (Wildman–Crippen MR) is 46.7 cm³/mol. The van der Waals surface area contributed by atoms with Gasteiger partial charge >= 0.3 is 0 Å². The number of nitrogens with zero attached hydrogens (tertiary/aromatic N) is 1. The van der Waals surface area contributed by atoms with Crippen molar-refractivity contribution in [3.05, 3.63) is 27.9 Å². The number of hydrogen-bond donors (Lipinski definition) is 2. The quantitative estimate of drug-likeness (QED) is 0.674. The van der Waals surface area contributed by atoms with Gasteiger partial charge in [-0.05, 0) is 6.42 Å². The van der Waals surface area contributed by atoms with E-state index in [1.165, 1.54) is 0 Å². The first-order valence-corrected chi connectivity index (χ1v) is 4.05. The molecule has 1 rings (SSSR count). The SMILES string of the molecule is CCCc1ncc(CN)c(=O)[nH]1. The van der Waals surface area contributed by atoms with Gasteiger partial charge < -0.3 is 10.7 Å². The Bertz CT molecular complexity index is 305. The van der Waals surface area contributed by atoms with Crippen molar-refractivity contribution in [2.45, 2.75) is 26.3 Å². The van der Waals surface area contributed by atoms with Crippen LogP contribution in [-0.4, -0.2) is 9.97 Å². The molecule has 1 aromatic rings. The molecule has 0 saturated carbocycles. The Morgan fingerprint density at radius 3 is 2.92 bits per heavy atom. The van der Waals surface area contributed by atoms with Crippen molar-refractivity contribution in [1.29, 1.82) is 0 Å². The van der Waals surface area contributed by atoms with Crippen LogP contribution in [0.2, 0.25) is 0 Å². The van der Waals surface area contributed by atoms with Gasteiger partial charge in [-0.2, -0.15) is 0 Å². The molecule has 0 radical (unpaired) electrons. The monoisotopic (exact) mass is 167 g/mol. The van der Waals surface area contributed by atoms with Gasteiger partial charge in [0.1, 0.15) is 5.82 Å². The van der Waals surface area contributed by atoms with Gasteiger partial charge in [0.05, 0.1) is 0 Å². The molecule has 12 heavy (non-hydrogen) atoms. The van der Waals surface area contributed by atoms with Crippen molar-refractivity contribution in [1.82, 2.24) is 9.97 Å². The largest absolute Gasteiger partial charge is 0.326 e. The molecule has 0 saturated heterocycles. The highest BCUT2D eigenvalue weighted by molar-refractivity contribution is 5.05. The molecular weight excluding hydrogens is 154 g/mol. The van der Waals surface area contributed by atoms with Gasteiger partial charge in [-0.3, -0.25) is 4.79 Å². The maximum absolute atomic E-state index is 11.2. The summed E-state index contributed by atoms with van der Waals surface area (Å²) < 4.78 is 0. The lowest BCUT2D eigenvalue weighted by Crippen LogP contribution is -2.18. The predicted octanol–water partition coefficient (Wildman–Crippen LogP) is 0.181. The van der Waals surface area contributed by atoms with E-state index in [9.17, 15) is 4.79 Å². The zero-order chi connectivity index (χ0) is 8.97. The fourth-order valence-corrected chi connectivity index (χ4v) is 0.967. The van der Waals surface area contributed by atoms with Crippen LogP contribution in [0.25, 0.3) is 0 Å². The maximum Gasteiger partial charge on any atom is 0.255 e. The highest BCUT2D eigenvalue weighted by Crippen LogP contribution is 1.92. The first-order valence-electron chi connectivity index (χ1n) is 4.05. The van der Waals surface area contributed by atoms with Crippen LogP contribution in [0.3, 0.4) is 0 Å². The van der Waals surface area contributed by atoms with Gasteiger partial charge in [-0.1, -0.05) is 6.92 Å². The van der Waals surface area contributed by atoms with Crippen molar-refractivity contribution in [3.8, 4) is 0 Å². The van der Waals surface area contributed by atoms with Crippen LogP contribution in [0, 0.1) is 0 Å². The third-order valence-corrected chi connectivity index (χ3v) is 1.63. The molecular formula is C8H13N3O. The molecule has 4 nitrogen and oxygen atoms in total. The molecule has 66 valence electrons. The Hall–Kier alpha value is -1.16. The summed E-state index contributed by atoms with van der Waals surface area (Å²) in [6.07, 6.45) is 3.33. The number of aromatic nitrogens is 2. The molecule has 0 bridgehead atoms. The van der Waals surface area contributed by atoms with Gasteiger partial charge in [-0.15, -0.1) is 0 Å². The molecule has 0 fully saturated rings. The second-order valence-electron chi connectivity index (χ2n) is 2.64. The summed E-state index contributed by atoms with van der Waals surface area (Å²) in [5.41, 5.74) is 5.74. The third-order valence-electron chi connectivity index (χ3n) is 1.63. The standard InChI is InChI=1S/C8H13N3O/c1-2-3-7-10-5-6(4-9)8(12)11-7/h5H,2-4,9H2,1H3,(H,10,11,12). The lowest BCUT2D eigenvalue weighted by Gasteiger charge is -1.98. The molecule has 3 N–H and O–H groups in total. The van der Waals surface area contributed by atoms with E-state index >= 15 is 0 Å². The summed E-state index contributed by atoms with van der Waals surface area (Å²) in [4.78, 5) is 17.9. The van der Waals surface area contributed by atoms with E-state index in [4.69, 9.17) is 5.73 Å². The maximum atomic E-state index is 11.2. The van der Waals surface area contributed by atoms with E-state index < -0.39 is 0 Å². The lowest BCUT2D eigenvalue weighted by atomic mass is 10.3. The van der Waals surface area contributed by atoms with Gasteiger partial charge in [-0.25, -0.2) is 4.98 Å². The average Bonchev–Trinajstić information content (AvgIpc) is 2.05. The van der Waals surface area contributed by atoms with E-state index in [1.54, 1.807) is 6.20 Å². The number of nitrogens with one attached hydrogen (secondary N) is 1. The Labute approximate surface area is 70.8 Å². The summed E-state index contributed by atoms with van der Waals surface area (Å²) in [7, 11) is 0. The van der Waals surface area contributed by atoms with Crippen LogP contribution < -0.4 is 11.3 Å². The third kappa shape index (κ3) is 1.92. The lowest BCUT2D eigenvalue weighted by molar-refractivity contribution is 0.811. The molecule has 0 unspecified atom stereocenters. The summed E-state index contributed by atoms with van der Waals surface area (Å²) in [5.74, 6) is 0.736. The number of H-pyrrole nitrogens is 1. The Kier molecular flexibility index (Phi) is 2.99. The van der Waals surface area contributed by atoms with Crippen LogP contribution in [0.4, 0.5) is 0 Å². The van der Waals surface area contributed by atoms with Crippen molar-refractivity contribution < 1.29 is 0 Å². The number of aryl methyl sites for hydroxylation is 1. The van der Waals surface area contributed by atoms with Gasteiger partial charge in [0, 0.05) is 24.7 Å². The van der Waals surface area contributed by atoms with E-state index in [0.29, 0.717) is 5.56 Å². The minimum absolute atomic E-state index is 0.115. The molecule has 0 aliphatic carbocycles. The van der Waals surface area contributed by atoms with Gasteiger partial charge in [0.2, 0.25) is 0 Å². The molecule has 0 atom stereocenters. The van der Waals surface area contributed by atoms with Crippen molar-refractivity contribution in [3.63, 3.8) is 0 Å². The smallest absolute Gasteiger partial charge is 0.255 e. The topological polar surface area (TPSA) is 71.8 Å². The van der Waals surface area contributed by atoms with E-state index in [0.717, 1.165) is 18.7 Å². The van der Waals surface area contributed by atoms with Crippen LogP contribution in [0.5, 0.6) is 0 Å². The summed E-state index contributed by atoms with van der Waals surface area (Å²) in [6, 6.07) is 0. The van der Waals surface area contributed by atoms with E-state index in [2.05, 4.69) is 9.97 Å². The fraction of sp³-hybridized carbons (Fsp3) is 0.500. The molecule has 0 aliphatic rings. The van der Waals surface area contributed by atoms with Crippen LogP contribution in [-0.2, 0) is 13.0 Å².